The van der Waals surface area contributed by atoms with Gasteiger partial charge >= 0.3 is 5.97 Å². The first-order chi connectivity index (χ1) is 9.09. The van der Waals surface area contributed by atoms with Crippen LogP contribution in [0.4, 0.5) is 0 Å². The number of aromatic carboxylic acids is 1. The topological polar surface area (TPSA) is 91.1 Å². The van der Waals surface area contributed by atoms with Crippen LogP contribution in [0.25, 0.3) is 22.2 Å². The van der Waals surface area contributed by atoms with Gasteiger partial charge in [-0.3, -0.25) is 5.10 Å². The van der Waals surface area contributed by atoms with Crippen LogP contribution in [0.5, 0.6) is 5.75 Å². The third-order valence-corrected chi connectivity index (χ3v) is 3.12. The number of para-hydroxylation sites is 1. The molecule has 3 rings (SSSR count). The number of hydrogen-bond donors (Lipinski definition) is 3. The fourth-order valence-corrected chi connectivity index (χ4v) is 2.30. The number of carboxylic acids is 1. The van der Waals surface area contributed by atoms with Crippen molar-refractivity contribution in [1.82, 2.24) is 14.8 Å². The summed E-state index contributed by atoms with van der Waals surface area (Å²) < 4.78 is 1.76. The first-order valence-corrected chi connectivity index (χ1v) is 5.63. The van der Waals surface area contributed by atoms with Gasteiger partial charge in [0.15, 0.2) is 0 Å². The highest BCUT2D eigenvalue weighted by atomic mass is 16.4. The van der Waals surface area contributed by atoms with Gasteiger partial charge in [-0.15, -0.1) is 0 Å². The van der Waals surface area contributed by atoms with E-state index in [9.17, 15) is 9.90 Å². The van der Waals surface area contributed by atoms with Crippen LogP contribution in [0, 0.1) is 0 Å². The average molecular weight is 257 g/mol. The van der Waals surface area contributed by atoms with Crippen molar-refractivity contribution in [2.24, 2.45) is 7.05 Å². The Morgan fingerprint density at radius 3 is 2.95 bits per heavy atom. The number of H-pyrrole nitrogens is 1. The number of hydrogen-bond acceptors (Lipinski definition) is 3. The van der Waals surface area contributed by atoms with E-state index in [4.69, 9.17) is 5.11 Å². The van der Waals surface area contributed by atoms with Gasteiger partial charge in [-0.25, -0.2) is 4.79 Å². The van der Waals surface area contributed by atoms with E-state index in [0.717, 1.165) is 5.39 Å². The number of phenols is 1. The van der Waals surface area contributed by atoms with Gasteiger partial charge in [0.05, 0.1) is 17.4 Å². The van der Waals surface area contributed by atoms with Gasteiger partial charge in [0.25, 0.3) is 0 Å². The molecule has 19 heavy (non-hydrogen) atoms. The number of aromatic amines is 1. The minimum atomic E-state index is -1.04. The fraction of sp³-hybridized carbons (Fsp3) is 0.0769. The predicted octanol–water partition coefficient (Wildman–Crippen LogP) is 1.97. The number of aryl methyl sites for hydroxylation is 1. The molecule has 3 aromatic rings. The van der Waals surface area contributed by atoms with E-state index in [2.05, 4.69) is 10.2 Å². The predicted molar refractivity (Wildman–Crippen MR) is 69.1 cm³/mol. The molecule has 0 saturated heterocycles. The Bertz CT molecular complexity index is 786. The van der Waals surface area contributed by atoms with Crippen LogP contribution < -0.4 is 0 Å². The molecular weight excluding hydrogens is 246 g/mol. The number of fused-ring (bicyclic) bond motifs is 1. The lowest BCUT2D eigenvalue weighted by atomic mass is 10.1. The van der Waals surface area contributed by atoms with E-state index in [1.54, 1.807) is 29.9 Å². The lowest BCUT2D eigenvalue weighted by Gasteiger charge is -1.99. The average Bonchev–Trinajstić information content (AvgIpc) is 2.94. The molecule has 96 valence electrons. The molecule has 0 saturated carbocycles. The van der Waals surface area contributed by atoms with Crippen LogP contribution in [0.3, 0.4) is 0 Å². The Morgan fingerprint density at radius 1 is 1.42 bits per heavy atom. The maximum Gasteiger partial charge on any atom is 0.339 e. The molecule has 0 unspecified atom stereocenters. The molecular formula is C13H11N3O3. The van der Waals surface area contributed by atoms with E-state index < -0.39 is 5.97 Å². The smallest absolute Gasteiger partial charge is 0.339 e. The highest BCUT2D eigenvalue weighted by Gasteiger charge is 2.19. The molecule has 3 N–H and O–H groups in total. The molecule has 2 heterocycles. The van der Waals surface area contributed by atoms with Crippen LogP contribution in [0.15, 0.2) is 30.6 Å². The lowest BCUT2D eigenvalue weighted by Crippen LogP contribution is -1.96. The number of benzene rings is 1. The van der Waals surface area contributed by atoms with Crippen molar-refractivity contribution in [3.05, 3.63) is 36.2 Å². The summed E-state index contributed by atoms with van der Waals surface area (Å²) in [5.41, 5.74) is 1.89. The normalized spacial score (nSPS) is 11.0. The maximum absolute atomic E-state index is 11.1. The number of carbonyl (C=O) groups is 1. The van der Waals surface area contributed by atoms with Crippen molar-refractivity contribution >= 4 is 16.9 Å². The molecule has 0 aliphatic rings. The number of nitrogens with one attached hydrogen (secondary N) is 1. The van der Waals surface area contributed by atoms with E-state index in [0.29, 0.717) is 16.8 Å². The van der Waals surface area contributed by atoms with Gasteiger partial charge in [0, 0.05) is 24.2 Å². The highest BCUT2D eigenvalue weighted by Crippen LogP contribution is 2.34. The zero-order chi connectivity index (χ0) is 13.6. The van der Waals surface area contributed by atoms with Gasteiger partial charge in [-0.2, -0.15) is 5.10 Å². The number of aromatic nitrogens is 3. The zero-order valence-electron chi connectivity index (χ0n) is 10.1. The molecule has 0 fully saturated rings. The zero-order valence-corrected chi connectivity index (χ0v) is 10.1. The quantitative estimate of drug-likeness (QED) is 0.654. The largest absolute Gasteiger partial charge is 0.506 e. The van der Waals surface area contributed by atoms with Crippen LogP contribution in [0.1, 0.15) is 10.4 Å². The van der Waals surface area contributed by atoms with Crippen molar-refractivity contribution in [2.75, 3.05) is 0 Å². The van der Waals surface area contributed by atoms with Crippen molar-refractivity contribution in [1.29, 1.82) is 0 Å². The fourth-order valence-electron chi connectivity index (χ4n) is 2.30. The molecule has 0 bridgehead atoms. The number of phenolic OH excluding ortho intramolecular Hbond substituents is 1. The van der Waals surface area contributed by atoms with Gasteiger partial charge in [0.2, 0.25) is 0 Å². The summed E-state index contributed by atoms with van der Waals surface area (Å²) in [5, 5.41) is 26.3. The Labute approximate surface area is 107 Å². The SMILES string of the molecule is Cn1cc(-c2[nH]ncc2C(=O)O)c2cccc(O)c21. The van der Waals surface area contributed by atoms with Crippen molar-refractivity contribution < 1.29 is 15.0 Å². The first-order valence-electron chi connectivity index (χ1n) is 5.63. The number of nitrogens with zero attached hydrogens (tertiary/aromatic N) is 2. The van der Waals surface area contributed by atoms with Crippen LogP contribution in [-0.4, -0.2) is 30.9 Å². The minimum absolute atomic E-state index is 0.107. The lowest BCUT2D eigenvalue weighted by molar-refractivity contribution is 0.0698. The first kappa shape index (κ1) is 11.3. The third-order valence-electron chi connectivity index (χ3n) is 3.12. The van der Waals surface area contributed by atoms with Gasteiger partial charge in [0.1, 0.15) is 11.3 Å². The maximum atomic E-state index is 11.1. The summed E-state index contributed by atoms with van der Waals surface area (Å²) in [6.45, 7) is 0. The van der Waals surface area contributed by atoms with Crippen molar-refractivity contribution in [2.45, 2.75) is 0 Å². The van der Waals surface area contributed by atoms with E-state index in [1.807, 2.05) is 6.07 Å². The summed E-state index contributed by atoms with van der Waals surface area (Å²) in [6, 6.07) is 5.14. The molecule has 6 heteroatoms. The minimum Gasteiger partial charge on any atom is -0.506 e. The molecule has 2 aromatic heterocycles. The molecule has 0 amide bonds. The molecule has 1 aromatic carbocycles. The second-order valence-electron chi connectivity index (χ2n) is 4.29. The Morgan fingerprint density at radius 2 is 2.21 bits per heavy atom. The summed E-state index contributed by atoms with van der Waals surface area (Å²) >= 11 is 0. The third kappa shape index (κ3) is 1.57. The second kappa shape index (κ2) is 3.88. The molecule has 0 atom stereocenters. The number of rotatable bonds is 2. The van der Waals surface area contributed by atoms with Gasteiger partial charge in [-0.05, 0) is 6.07 Å². The van der Waals surface area contributed by atoms with Crippen LogP contribution in [0.2, 0.25) is 0 Å². The van der Waals surface area contributed by atoms with Crippen LogP contribution in [-0.2, 0) is 7.05 Å². The molecule has 0 aliphatic carbocycles. The van der Waals surface area contributed by atoms with Crippen molar-refractivity contribution in [3.8, 4) is 17.0 Å². The molecule has 0 spiro atoms. The van der Waals surface area contributed by atoms with Crippen LogP contribution >= 0.6 is 0 Å². The monoisotopic (exact) mass is 257 g/mol. The van der Waals surface area contributed by atoms with E-state index in [-0.39, 0.29) is 11.3 Å². The summed E-state index contributed by atoms with van der Waals surface area (Å²) in [7, 11) is 1.79. The standard InChI is InChI=1S/C13H11N3O3/c1-16-6-9(7-3-2-4-10(17)12(7)16)11-8(13(18)19)5-14-15-11/h2-6,17H,1H3,(H,14,15)(H,18,19). The summed E-state index contributed by atoms with van der Waals surface area (Å²) in [5.74, 6) is -0.886. The molecule has 6 nitrogen and oxygen atoms in total. The summed E-state index contributed by atoms with van der Waals surface area (Å²) in [6.07, 6.45) is 3.05. The second-order valence-corrected chi connectivity index (χ2v) is 4.29. The highest BCUT2D eigenvalue weighted by molar-refractivity contribution is 6.03. The van der Waals surface area contributed by atoms with Crippen molar-refractivity contribution in [3.63, 3.8) is 0 Å². The van der Waals surface area contributed by atoms with Gasteiger partial charge < -0.3 is 14.8 Å². The Hall–Kier alpha value is -2.76. The molecule has 0 radical (unpaired) electrons. The molecule has 0 aliphatic heterocycles. The number of aromatic hydroxyl groups is 1. The van der Waals surface area contributed by atoms with Gasteiger partial charge in [-0.1, -0.05) is 12.1 Å². The summed E-state index contributed by atoms with van der Waals surface area (Å²) in [4.78, 5) is 11.1. The van der Waals surface area contributed by atoms with E-state index >= 15 is 0 Å². The Kier molecular flexibility index (Phi) is 2.31. The number of carboxylic acid groups (broad SMARTS) is 1. The van der Waals surface area contributed by atoms with E-state index in [1.165, 1.54) is 6.20 Å². The Balaban J connectivity index is 2.35.